The molecule has 0 radical (unpaired) electrons. The average Bonchev–Trinajstić information content (AvgIpc) is 2.88. The van der Waals surface area contributed by atoms with Crippen LogP contribution in [0.25, 0.3) is 10.2 Å². The maximum absolute atomic E-state index is 9.72. The van der Waals surface area contributed by atoms with Crippen LogP contribution in [-0.2, 0) is 6.61 Å². The number of aromatic nitrogens is 1. The van der Waals surface area contributed by atoms with E-state index >= 15 is 0 Å². The van der Waals surface area contributed by atoms with Gasteiger partial charge in [-0.3, -0.25) is 0 Å². The first-order valence-corrected chi connectivity index (χ1v) is 7.30. The maximum Gasteiger partial charge on any atom is 0.140 e. The molecular weight excluding hydrogens is 270 g/mol. The molecule has 4 heteroatoms. The molecule has 1 heterocycles. The van der Waals surface area contributed by atoms with E-state index in [1.54, 1.807) is 18.3 Å². The highest BCUT2D eigenvalue weighted by Gasteiger charge is 2.09. The monoisotopic (exact) mass is 285 g/mol. The van der Waals surface area contributed by atoms with Crippen LogP contribution in [0.2, 0.25) is 0 Å². The molecule has 1 aromatic heterocycles. The van der Waals surface area contributed by atoms with Gasteiger partial charge in [-0.1, -0.05) is 30.3 Å². The Morgan fingerprint density at radius 1 is 1.15 bits per heavy atom. The zero-order chi connectivity index (χ0) is 13.9. The Hall–Kier alpha value is -1.91. The summed E-state index contributed by atoms with van der Waals surface area (Å²) in [4.78, 5) is 4.53. The number of thiazole rings is 1. The Kier molecular flexibility index (Phi) is 3.67. The first-order valence-electron chi connectivity index (χ1n) is 6.48. The molecule has 0 saturated heterocycles. The van der Waals surface area contributed by atoms with E-state index in [4.69, 9.17) is 4.74 Å². The van der Waals surface area contributed by atoms with Crippen LogP contribution in [0.15, 0.2) is 48.5 Å². The molecule has 0 aliphatic carbocycles. The molecule has 102 valence electrons. The second-order valence-corrected chi connectivity index (χ2v) is 5.69. The minimum Gasteiger partial charge on any atom is -0.486 e. The second kappa shape index (κ2) is 5.61. The third-order valence-corrected chi connectivity index (χ3v) is 4.07. The van der Waals surface area contributed by atoms with Gasteiger partial charge < -0.3 is 9.84 Å². The number of benzene rings is 2. The first kappa shape index (κ1) is 13.1. The molecule has 0 aliphatic rings. The molecule has 0 aliphatic heterocycles. The predicted octanol–water partition coefficient (Wildman–Crippen LogP) is 3.93. The van der Waals surface area contributed by atoms with Gasteiger partial charge in [0.05, 0.1) is 16.3 Å². The molecule has 1 atom stereocenters. The van der Waals surface area contributed by atoms with Crippen LogP contribution in [0, 0.1) is 0 Å². The standard InChI is InChI=1S/C16H15NO2S/c1-11(18)12-6-2-4-8-14(12)19-10-16-17-13-7-3-5-9-15(13)20-16/h2-9,11,18H,10H2,1H3. The lowest BCUT2D eigenvalue weighted by atomic mass is 10.1. The van der Waals surface area contributed by atoms with Gasteiger partial charge in [-0.2, -0.15) is 0 Å². The highest BCUT2D eigenvalue weighted by Crippen LogP contribution is 2.27. The fourth-order valence-corrected chi connectivity index (χ4v) is 2.96. The van der Waals surface area contributed by atoms with Gasteiger partial charge in [0.1, 0.15) is 17.4 Å². The first-order chi connectivity index (χ1) is 9.74. The van der Waals surface area contributed by atoms with Gasteiger partial charge >= 0.3 is 0 Å². The van der Waals surface area contributed by atoms with E-state index < -0.39 is 6.10 Å². The van der Waals surface area contributed by atoms with Crippen molar-refractivity contribution in [1.82, 2.24) is 4.98 Å². The normalized spacial score (nSPS) is 12.5. The summed E-state index contributed by atoms with van der Waals surface area (Å²) in [6, 6.07) is 15.6. The van der Waals surface area contributed by atoms with Gasteiger partial charge in [0, 0.05) is 5.56 Å². The van der Waals surface area contributed by atoms with Crippen molar-refractivity contribution >= 4 is 21.6 Å². The van der Waals surface area contributed by atoms with E-state index in [1.807, 2.05) is 42.5 Å². The number of rotatable bonds is 4. The zero-order valence-electron chi connectivity index (χ0n) is 11.1. The summed E-state index contributed by atoms with van der Waals surface area (Å²) in [7, 11) is 0. The summed E-state index contributed by atoms with van der Waals surface area (Å²) in [6.45, 7) is 2.16. The molecule has 0 saturated carbocycles. The third-order valence-electron chi connectivity index (χ3n) is 3.06. The van der Waals surface area contributed by atoms with Crippen LogP contribution in [0.3, 0.4) is 0 Å². The van der Waals surface area contributed by atoms with Gasteiger partial charge in [-0.05, 0) is 25.1 Å². The van der Waals surface area contributed by atoms with E-state index in [0.717, 1.165) is 20.8 Å². The van der Waals surface area contributed by atoms with Crippen LogP contribution in [0.1, 0.15) is 23.6 Å². The van der Waals surface area contributed by atoms with Gasteiger partial charge in [0.15, 0.2) is 0 Å². The van der Waals surface area contributed by atoms with Crippen LogP contribution in [-0.4, -0.2) is 10.1 Å². The number of nitrogens with zero attached hydrogens (tertiary/aromatic N) is 1. The molecule has 0 fully saturated rings. The summed E-state index contributed by atoms with van der Waals surface area (Å²) in [6.07, 6.45) is -0.540. The lowest BCUT2D eigenvalue weighted by Crippen LogP contribution is -2.00. The quantitative estimate of drug-likeness (QED) is 0.789. The number of ether oxygens (including phenoxy) is 1. The highest BCUT2D eigenvalue weighted by atomic mass is 32.1. The van der Waals surface area contributed by atoms with Crippen molar-refractivity contribution in [2.45, 2.75) is 19.6 Å². The number of hydrogen-bond donors (Lipinski definition) is 1. The molecule has 2 aromatic carbocycles. The van der Waals surface area contributed by atoms with Crippen LogP contribution >= 0.6 is 11.3 Å². The fourth-order valence-electron chi connectivity index (χ4n) is 2.08. The van der Waals surface area contributed by atoms with Crippen LogP contribution < -0.4 is 4.74 Å². The van der Waals surface area contributed by atoms with E-state index in [2.05, 4.69) is 11.1 Å². The third kappa shape index (κ3) is 2.66. The molecule has 0 spiro atoms. The lowest BCUT2D eigenvalue weighted by Gasteiger charge is -2.12. The number of aliphatic hydroxyl groups is 1. The van der Waals surface area contributed by atoms with E-state index in [1.165, 1.54) is 0 Å². The molecule has 0 bridgehead atoms. The Balaban J connectivity index is 1.79. The molecule has 1 unspecified atom stereocenters. The van der Waals surface area contributed by atoms with Gasteiger partial charge in [0.2, 0.25) is 0 Å². The molecule has 0 amide bonds. The highest BCUT2D eigenvalue weighted by molar-refractivity contribution is 7.18. The predicted molar refractivity (Wildman–Crippen MR) is 81.0 cm³/mol. The smallest absolute Gasteiger partial charge is 0.140 e. The molecule has 3 aromatic rings. The van der Waals surface area contributed by atoms with Crippen molar-refractivity contribution in [3.8, 4) is 5.75 Å². The number of aliphatic hydroxyl groups excluding tert-OH is 1. The Labute approximate surface area is 121 Å². The van der Waals surface area contributed by atoms with E-state index in [9.17, 15) is 5.11 Å². The largest absolute Gasteiger partial charge is 0.486 e. The van der Waals surface area contributed by atoms with Crippen molar-refractivity contribution < 1.29 is 9.84 Å². The average molecular weight is 285 g/mol. The van der Waals surface area contributed by atoms with Crippen LogP contribution in [0.5, 0.6) is 5.75 Å². The van der Waals surface area contributed by atoms with Crippen molar-refractivity contribution in [3.05, 3.63) is 59.1 Å². The zero-order valence-corrected chi connectivity index (χ0v) is 11.9. The van der Waals surface area contributed by atoms with Gasteiger partial charge in [0.25, 0.3) is 0 Å². The van der Waals surface area contributed by atoms with Crippen molar-refractivity contribution in [1.29, 1.82) is 0 Å². The lowest BCUT2D eigenvalue weighted by molar-refractivity contribution is 0.190. The summed E-state index contributed by atoms with van der Waals surface area (Å²) in [5.74, 6) is 0.710. The number of fused-ring (bicyclic) bond motifs is 1. The van der Waals surface area contributed by atoms with Gasteiger partial charge in [-0.15, -0.1) is 11.3 Å². The second-order valence-electron chi connectivity index (χ2n) is 4.58. The van der Waals surface area contributed by atoms with Gasteiger partial charge in [-0.25, -0.2) is 4.98 Å². The Morgan fingerprint density at radius 2 is 1.90 bits per heavy atom. The number of hydrogen-bond acceptors (Lipinski definition) is 4. The molecule has 3 nitrogen and oxygen atoms in total. The Bertz CT molecular complexity index is 688. The van der Waals surface area contributed by atoms with Crippen LogP contribution in [0.4, 0.5) is 0 Å². The fraction of sp³-hybridized carbons (Fsp3) is 0.188. The Morgan fingerprint density at radius 3 is 2.70 bits per heavy atom. The van der Waals surface area contributed by atoms with Crippen molar-refractivity contribution in [2.24, 2.45) is 0 Å². The summed E-state index contributed by atoms with van der Waals surface area (Å²) in [5.41, 5.74) is 1.80. The SMILES string of the molecule is CC(O)c1ccccc1OCc1nc2ccccc2s1. The molecular formula is C16H15NO2S. The summed E-state index contributed by atoms with van der Waals surface area (Å²) >= 11 is 1.63. The van der Waals surface area contributed by atoms with Crippen molar-refractivity contribution in [2.75, 3.05) is 0 Å². The molecule has 20 heavy (non-hydrogen) atoms. The minimum atomic E-state index is -0.540. The van der Waals surface area contributed by atoms with E-state index in [-0.39, 0.29) is 0 Å². The molecule has 1 N–H and O–H groups in total. The summed E-state index contributed by atoms with van der Waals surface area (Å²) < 4.78 is 6.96. The summed E-state index contributed by atoms with van der Waals surface area (Å²) in [5, 5.41) is 10.7. The topological polar surface area (TPSA) is 42.4 Å². The molecule has 3 rings (SSSR count). The minimum absolute atomic E-state index is 0.420. The van der Waals surface area contributed by atoms with E-state index in [0.29, 0.717) is 12.4 Å². The van der Waals surface area contributed by atoms with Crippen molar-refractivity contribution in [3.63, 3.8) is 0 Å². The number of para-hydroxylation sites is 2. The maximum atomic E-state index is 9.72.